The lowest BCUT2D eigenvalue weighted by molar-refractivity contribution is 0.352. The van der Waals surface area contributed by atoms with E-state index in [4.69, 9.17) is 0 Å². The van der Waals surface area contributed by atoms with E-state index in [1.54, 1.807) is 13.1 Å². The van der Waals surface area contributed by atoms with Gasteiger partial charge in [0.2, 0.25) is 0 Å². The second kappa shape index (κ2) is 6.88. The number of hydrogen-bond donors (Lipinski definition) is 0. The quantitative estimate of drug-likeness (QED) is 0.817. The minimum absolute atomic E-state index is 0.225. The normalized spacial score (nSPS) is 16.5. The van der Waals surface area contributed by atoms with E-state index in [1.807, 2.05) is 16.9 Å². The van der Waals surface area contributed by atoms with Crippen molar-refractivity contribution < 1.29 is 8.42 Å². The molecule has 0 unspecified atom stereocenters. The monoisotopic (exact) mass is 349 g/mol. The molecule has 0 atom stereocenters. The van der Waals surface area contributed by atoms with Crippen LogP contribution in [0.25, 0.3) is 0 Å². The summed E-state index contributed by atoms with van der Waals surface area (Å²) in [6.45, 7) is 4.36. The first-order valence-corrected chi connectivity index (χ1v) is 10.1. The van der Waals surface area contributed by atoms with E-state index in [1.165, 1.54) is 12.5 Å². The zero-order valence-electron chi connectivity index (χ0n) is 14.1. The smallest absolute Gasteiger partial charge is 0.180 e. The fourth-order valence-electron chi connectivity index (χ4n) is 3.12. The molecule has 0 spiro atoms. The van der Waals surface area contributed by atoms with Crippen LogP contribution in [0.3, 0.4) is 0 Å². The second-order valence-corrected chi connectivity index (χ2v) is 8.35. The molecule has 1 aliphatic rings. The van der Waals surface area contributed by atoms with Crippen LogP contribution in [0.1, 0.15) is 25.1 Å². The Morgan fingerprint density at radius 1 is 1.29 bits per heavy atom. The van der Waals surface area contributed by atoms with E-state index in [0.29, 0.717) is 17.6 Å². The lowest BCUT2D eigenvalue weighted by Gasteiger charge is -2.33. The highest BCUT2D eigenvalue weighted by atomic mass is 32.2. The first-order valence-electron chi connectivity index (χ1n) is 8.19. The predicted octanol–water partition coefficient (Wildman–Crippen LogP) is 1.69. The summed E-state index contributed by atoms with van der Waals surface area (Å²) in [5.41, 5.74) is 0. The molecule has 0 aromatic carbocycles. The van der Waals surface area contributed by atoms with E-state index in [-0.39, 0.29) is 4.90 Å². The molecule has 7 nitrogen and oxygen atoms in total. The maximum absolute atomic E-state index is 12.0. The van der Waals surface area contributed by atoms with Crippen LogP contribution in [0.5, 0.6) is 0 Å². The third-order valence-corrected chi connectivity index (χ3v) is 5.58. The maximum Gasteiger partial charge on any atom is 0.180 e. The summed E-state index contributed by atoms with van der Waals surface area (Å²) in [6, 6.07) is 1.94. The number of piperidine rings is 1. The van der Waals surface area contributed by atoms with Crippen LogP contribution in [0, 0.1) is 12.8 Å². The summed E-state index contributed by atoms with van der Waals surface area (Å²) in [5, 5.41) is 4.23. The van der Waals surface area contributed by atoms with Crippen LogP contribution < -0.4 is 4.90 Å². The SMILES string of the molecule is Cc1ncc(S(C)(=O)=O)c(N2CCC(CCn3cccn3)CC2)n1. The molecule has 0 saturated carbocycles. The summed E-state index contributed by atoms with van der Waals surface area (Å²) in [7, 11) is -3.33. The lowest BCUT2D eigenvalue weighted by Crippen LogP contribution is -2.35. The summed E-state index contributed by atoms with van der Waals surface area (Å²) in [4.78, 5) is 10.7. The van der Waals surface area contributed by atoms with Gasteiger partial charge in [-0.25, -0.2) is 18.4 Å². The zero-order chi connectivity index (χ0) is 17.2. The van der Waals surface area contributed by atoms with E-state index < -0.39 is 9.84 Å². The van der Waals surface area contributed by atoms with Crippen molar-refractivity contribution in [3.63, 3.8) is 0 Å². The zero-order valence-corrected chi connectivity index (χ0v) is 14.9. The van der Waals surface area contributed by atoms with Gasteiger partial charge in [0.1, 0.15) is 10.7 Å². The average Bonchev–Trinajstić information content (AvgIpc) is 3.05. The number of rotatable bonds is 5. The highest BCUT2D eigenvalue weighted by Gasteiger charge is 2.25. The largest absolute Gasteiger partial charge is 0.355 e. The third kappa shape index (κ3) is 3.92. The van der Waals surface area contributed by atoms with Gasteiger partial charge in [-0.05, 0) is 38.2 Å². The van der Waals surface area contributed by atoms with Gasteiger partial charge in [0.25, 0.3) is 0 Å². The molecule has 24 heavy (non-hydrogen) atoms. The minimum atomic E-state index is -3.33. The number of aryl methyl sites for hydroxylation is 2. The van der Waals surface area contributed by atoms with Gasteiger partial charge in [0, 0.05) is 38.3 Å². The van der Waals surface area contributed by atoms with Crippen molar-refractivity contribution in [1.82, 2.24) is 19.7 Å². The lowest BCUT2D eigenvalue weighted by atomic mass is 9.93. The first kappa shape index (κ1) is 16.9. The maximum atomic E-state index is 12.0. The number of hydrogen-bond acceptors (Lipinski definition) is 6. The van der Waals surface area contributed by atoms with Gasteiger partial charge >= 0.3 is 0 Å². The van der Waals surface area contributed by atoms with Crippen molar-refractivity contribution in [3.8, 4) is 0 Å². The van der Waals surface area contributed by atoms with Crippen molar-refractivity contribution in [2.75, 3.05) is 24.2 Å². The number of anilines is 1. The Labute approximate surface area is 142 Å². The van der Waals surface area contributed by atoms with E-state index in [0.717, 1.165) is 38.9 Å². The van der Waals surface area contributed by atoms with Crippen molar-refractivity contribution in [3.05, 3.63) is 30.5 Å². The summed E-state index contributed by atoms with van der Waals surface area (Å²) < 4.78 is 25.9. The molecule has 130 valence electrons. The number of nitrogens with zero attached hydrogens (tertiary/aromatic N) is 5. The van der Waals surface area contributed by atoms with Crippen molar-refractivity contribution >= 4 is 15.7 Å². The van der Waals surface area contributed by atoms with Gasteiger partial charge < -0.3 is 4.90 Å². The molecule has 0 bridgehead atoms. The van der Waals surface area contributed by atoms with Crippen LogP contribution in [-0.2, 0) is 16.4 Å². The van der Waals surface area contributed by atoms with Crippen molar-refractivity contribution in [2.45, 2.75) is 37.6 Å². The number of aromatic nitrogens is 4. The Morgan fingerprint density at radius 3 is 2.67 bits per heavy atom. The van der Waals surface area contributed by atoms with Gasteiger partial charge in [-0.2, -0.15) is 5.10 Å². The minimum Gasteiger partial charge on any atom is -0.355 e. The van der Waals surface area contributed by atoms with Gasteiger partial charge in [-0.1, -0.05) is 0 Å². The Kier molecular flexibility index (Phi) is 4.84. The molecule has 1 aliphatic heterocycles. The fraction of sp³-hybridized carbons (Fsp3) is 0.562. The Morgan fingerprint density at radius 2 is 2.04 bits per heavy atom. The van der Waals surface area contributed by atoms with Gasteiger partial charge in [-0.3, -0.25) is 4.68 Å². The predicted molar refractivity (Wildman–Crippen MR) is 91.7 cm³/mol. The first-order chi connectivity index (χ1) is 11.4. The van der Waals surface area contributed by atoms with Crippen LogP contribution in [0.15, 0.2) is 29.6 Å². The Bertz CT molecular complexity index is 781. The van der Waals surface area contributed by atoms with Crippen LogP contribution in [0.4, 0.5) is 5.82 Å². The summed E-state index contributed by atoms with van der Waals surface area (Å²) >= 11 is 0. The van der Waals surface area contributed by atoms with Crippen LogP contribution in [-0.4, -0.2) is 47.5 Å². The average molecular weight is 349 g/mol. The van der Waals surface area contributed by atoms with Gasteiger partial charge in [0.05, 0.1) is 6.20 Å². The highest BCUT2D eigenvalue weighted by molar-refractivity contribution is 7.90. The van der Waals surface area contributed by atoms with Crippen molar-refractivity contribution in [2.24, 2.45) is 5.92 Å². The molecule has 1 fully saturated rings. The van der Waals surface area contributed by atoms with Crippen LogP contribution >= 0.6 is 0 Å². The molecule has 0 N–H and O–H groups in total. The topological polar surface area (TPSA) is 81.0 Å². The molecule has 0 amide bonds. The molecule has 2 aromatic heterocycles. The molecule has 1 saturated heterocycles. The highest BCUT2D eigenvalue weighted by Crippen LogP contribution is 2.28. The number of sulfone groups is 1. The van der Waals surface area contributed by atoms with E-state index in [9.17, 15) is 8.42 Å². The van der Waals surface area contributed by atoms with Gasteiger partial charge in [0.15, 0.2) is 15.7 Å². The Balaban J connectivity index is 1.65. The van der Waals surface area contributed by atoms with Gasteiger partial charge in [-0.15, -0.1) is 0 Å². The molecule has 0 aliphatic carbocycles. The second-order valence-electron chi connectivity index (χ2n) is 6.37. The molecule has 0 radical (unpaired) electrons. The molecular formula is C16H23N5O2S. The molecular weight excluding hydrogens is 326 g/mol. The molecule has 3 heterocycles. The fourth-order valence-corrected chi connectivity index (χ4v) is 3.87. The van der Waals surface area contributed by atoms with E-state index >= 15 is 0 Å². The molecule has 8 heteroatoms. The Hall–Kier alpha value is -1.96. The third-order valence-electron chi connectivity index (χ3n) is 4.50. The van der Waals surface area contributed by atoms with Crippen LogP contribution in [0.2, 0.25) is 0 Å². The standard InChI is InChI=1S/C16H23N5O2S/c1-13-17-12-15(24(2,22)23)16(19-13)20-9-4-14(5-10-20)6-11-21-8-3-7-18-21/h3,7-8,12,14H,4-6,9-11H2,1-2H3. The summed E-state index contributed by atoms with van der Waals surface area (Å²) in [6.07, 6.45) is 9.58. The molecule has 3 rings (SSSR count). The summed E-state index contributed by atoms with van der Waals surface area (Å²) in [5.74, 6) is 1.78. The van der Waals surface area contributed by atoms with E-state index in [2.05, 4.69) is 20.0 Å². The molecule has 2 aromatic rings. The van der Waals surface area contributed by atoms with Crippen molar-refractivity contribution in [1.29, 1.82) is 0 Å².